The lowest BCUT2D eigenvalue weighted by Gasteiger charge is -2.26. The Morgan fingerprint density at radius 2 is 1.92 bits per heavy atom. The average Bonchev–Trinajstić information content (AvgIpc) is 3.14. The number of ether oxygens (including phenoxy) is 3. The number of fused-ring (bicyclic) bond motifs is 1. The molecule has 3 aromatic rings. The zero-order valence-corrected chi connectivity index (χ0v) is 22.1. The van der Waals surface area contributed by atoms with Crippen LogP contribution >= 0.6 is 11.3 Å². The van der Waals surface area contributed by atoms with Crippen molar-refractivity contribution in [3.05, 3.63) is 90.1 Å². The number of hydrogen-bond donors (Lipinski definition) is 0. The molecule has 0 fully saturated rings. The molecule has 0 saturated carbocycles. The standard InChI is InChI=1S/C28H30N2O5S/c1-7-34-27(32)24-18(5)29-28-30(25(24)20-10-8-9-11-21(20)35-16(2)3)26(31)23(36-28)15-19-13-12-17(4)22(14-19)33-6/h8-16,25H,7H2,1-6H3. The van der Waals surface area contributed by atoms with Crippen LogP contribution in [0.25, 0.3) is 6.08 Å². The number of aromatic nitrogens is 1. The van der Waals surface area contributed by atoms with Crippen LogP contribution in [0.2, 0.25) is 0 Å². The molecule has 0 N–H and O–H groups in total. The summed E-state index contributed by atoms with van der Waals surface area (Å²) in [6.07, 6.45) is 1.73. The summed E-state index contributed by atoms with van der Waals surface area (Å²) in [7, 11) is 1.62. The third-order valence-corrected chi connectivity index (χ3v) is 6.81. The molecule has 1 aliphatic rings. The molecule has 2 heterocycles. The smallest absolute Gasteiger partial charge is 0.338 e. The van der Waals surface area contributed by atoms with Crippen molar-refractivity contribution in [2.45, 2.75) is 46.8 Å². The van der Waals surface area contributed by atoms with Gasteiger partial charge in [0.1, 0.15) is 17.5 Å². The van der Waals surface area contributed by atoms with Gasteiger partial charge in [-0.1, -0.05) is 41.7 Å². The Hall–Kier alpha value is -3.65. The Morgan fingerprint density at radius 1 is 1.17 bits per heavy atom. The number of rotatable bonds is 7. The van der Waals surface area contributed by atoms with Crippen LogP contribution in [0.1, 0.15) is 50.4 Å². The summed E-state index contributed by atoms with van der Waals surface area (Å²) in [5, 5.41) is 0. The summed E-state index contributed by atoms with van der Waals surface area (Å²) in [5.41, 5.74) is 3.15. The normalized spacial score (nSPS) is 15.5. The van der Waals surface area contributed by atoms with Gasteiger partial charge >= 0.3 is 5.97 Å². The lowest BCUT2D eigenvalue weighted by atomic mass is 9.95. The largest absolute Gasteiger partial charge is 0.496 e. The lowest BCUT2D eigenvalue weighted by Crippen LogP contribution is -2.40. The Balaban J connectivity index is 1.97. The molecule has 0 radical (unpaired) electrons. The summed E-state index contributed by atoms with van der Waals surface area (Å²) in [4.78, 5) is 32.1. The highest BCUT2D eigenvalue weighted by Gasteiger charge is 2.35. The molecule has 1 aromatic heterocycles. The lowest BCUT2D eigenvalue weighted by molar-refractivity contribution is -0.139. The third kappa shape index (κ3) is 4.86. The minimum atomic E-state index is -0.732. The number of aryl methyl sites for hydroxylation is 1. The van der Waals surface area contributed by atoms with Crippen LogP contribution in [0.15, 0.2) is 63.5 Å². The zero-order valence-electron chi connectivity index (χ0n) is 21.3. The Kier molecular flexibility index (Phi) is 7.45. The van der Waals surface area contributed by atoms with Crippen molar-refractivity contribution >= 4 is 23.4 Å². The highest BCUT2D eigenvalue weighted by Crippen LogP contribution is 2.36. The molecule has 188 valence electrons. The molecule has 0 aliphatic carbocycles. The fraction of sp³-hybridized carbons (Fsp3) is 0.321. The summed E-state index contributed by atoms with van der Waals surface area (Å²) in [6, 6.07) is 12.5. The molecule has 7 nitrogen and oxygen atoms in total. The predicted octanol–water partition coefficient (Wildman–Crippen LogP) is 3.90. The third-order valence-electron chi connectivity index (χ3n) is 5.82. The van der Waals surface area contributed by atoms with E-state index in [2.05, 4.69) is 4.99 Å². The zero-order chi connectivity index (χ0) is 26.0. The minimum Gasteiger partial charge on any atom is -0.496 e. The van der Waals surface area contributed by atoms with Crippen LogP contribution in [-0.2, 0) is 9.53 Å². The highest BCUT2D eigenvalue weighted by molar-refractivity contribution is 7.07. The van der Waals surface area contributed by atoms with Gasteiger partial charge in [0, 0.05) is 5.56 Å². The first-order valence-corrected chi connectivity index (χ1v) is 12.7. The van der Waals surface area contributed by atoms with Crippen LogP contribution in [-0.4, -0.2) is 30.4 Å². The summed E-state index contributed by atoms with van der Waals surface area (Å²) >= 11 is 1.28. The summed E-state index contributed by atoms with van der Waals surface area (Å²) < 4.78 is 19.0. The van der Waals surface area contributed by atoms with Gasteiger partial charge in [-0.25, -0.2) is 9.79 Å². The van der Waals surface area contributed by atoms with Gasteiger partial charge in [-0.05, 0) is 64.0 Å². The van der Waals surface area contributed by atoms with Gasteiger partial charge in [-0.3, -0.25) is 9.36 Å². The number of methoxy groups -OCH3 is 1. The number of hydrogen-bond acceptors (Lipinski definition) is 7. The van der Waals surface area contributed by atoms with Gasteiger partial charge in [0.05, 0.1) is 35.6 Å². The number of thiazole rings is 1. The second-order valence-electron chi connectivity index (χ2n) is 8.74. The van der Waals surface area contributed by atoms with Crippen molar-refractivity contribution in [2.75, 3.05) is 13.7 Å². The van der Waals surface area contributed by atoms with Gasteiger partial charge in [-0.15, -0.1) is 0 Å². The summed E-state index contributed by atoms with van der Waals surface area (Å²) in [5.74, 6) is 0.849. The van der Waals surface area contributed by atoms with Crippen molar-refractivity contribution in [3.63, 3.8) is 0 Å². The van der Waals surface area contributed by atoms with Crippen LogP contribution in [0.5, 0.6) is 11.5 Å². The first-order chi connectivity index (χ1) is 17.2. The van der Waals surface area contributed by atoms with Crippen molar-refractivity contribution in [1.29, 1.82) is 0 Å². The topological polar surface area (TPSA) is 79.1 Å². The Morgan fingerprint density at radius 3 is 2.61 bits per heavy atom. The molecule has 0 spiro atoms. The van der Waals surface area contributed by atoms with Gasteiger partial charge in [0.2, 0.25) is 0 Å². The van der Waals surface area contributed by atoms with E-state index in [9.17, 15) is 9.59 Å². The molecule has 0 saturated heterocycles. The van der Waals surface area contributed by atoms with E-state index >= 15 is 0 Å². The van der Waals surface area contributed by atoms with Crippen LogP contribution in [0.4, 0.5) is 0 Å². The molecular formula is C28H30N2O5S. The van der Waals surface area contributed by atoms with E-state index < -0.39 is 12.0 Å². The quantitative estimate of drug-likeness (QED) is 0.454. The Labute approximate surface area is 214 Å². The molecule has 2 aromatic carbocycles. The van der Waals surface area contributed by atoms with Crippen molar-refractivity contribution < 1.29 is 19.0 Å². The second kappa shape index (κ2) is 10.5. The fourth-order valence-corrected chi connectivity index (χ4v) is 5.28. The highest BCUT2D eigenvalue weighted by atomic mass is 32.1. The van der Waals surface area contributed by atoms with Crippen molar-refractivity contribution in [2.24, 2.45) is 4.99 Å². The first-order valence-electron chi connectivity index (χ1n) is 11.8. The molecule has 36 heavy (non-hydrogen) atoms. The molecule has 8 heteroatoms. The SMILES string of the molecule is CCOC(=O)C1=C(C)N=c2sc(=Cc3ccc(C)c(OC)c3)c(=O)n2C1c1ccccc1OC(C)C. The van der Waals surface area contributed by atoms with Gasteiger partial charge < -0.3 is 14.2 Å². The van der Waals surface area contributed by atoms with E-state index in [1.165, 1.54) is 11.3 Å². The van der Waals surface area contributed by atoms with E-state index in [4.69, 9.17) is 14.2 Å². The fourth-order valence-electron chi connectivity index (χ4n) is 4.23. The maximum absolute atomic E-state index is 13.8. The monoisotopic (exact) mass is 506 g/mol. The van der Waals surface area contributed by atoms with E-state index in [1.807, 2.05) is 69.3 Å². The second-order valence-corrected chi connectivity index (χ2v) is 9.74. The Bertz CT molecular complexity index is 1510. The minimum absolute atomic E-state index is 0.0883. The number of para-hydroxylation sites is 1. The van der Waals surface area contributed by atoms with Crippen LogP contribution < -0.4 is 24.4 Å². The average molecular weight is 507 g/mol. The van der Waals surface area contributed by atoms with Crippen molar-refractivity contribution in [3.8, 4) is 11.5 Å². The molecule has 1 aliphatic heterocycles. The van der Waals surface area contributed by atoms with Crippen LogP contribution in [0, 0.1) is 6.92 Å². The molecule has 0 bridgehead atoms. The van der Waals surface area contributed by atoms with E-state index in [1.54, 1.807) is 25.5 Å². The van der Waals surface area contributed by atoms with Crippen molar-refractivity contribution in [1.82, 2.24) is 4.57 Å². The van der Waals surface area contributed by atoms with Gasteiger partial charge in [0.15, 0.2) is 4.80 Å². The van der Waals surface area contributed by atoms with Crippen LogP contribution in [0.3, 0.4) is 0 Å². The molecule has 4 rings (SSSR count). The predicted molar refractivity (Wildman–Crippen MR) is 140 cm³/mol. The van der Waals surface area contributed by atoms with Gasteiger partial charge in [-0.2, -0.15) is 0 Å². The summed E-state index contributed by atoms with van der Waals surface area (Å²) in [6.45, 7) is 9.58. The van der Waals surface area contributed by atoms with E-state index in [-0.39, 0.29) is 18.3 Å². The molecule has 0 amide bonds. The maximum atomic E-state index is 13.8. The van der Waals surface area contributed by atoms with Gasteiger partial charge in [0.25, 0.3) is 5.56 Å². The number of carbonyl (C=O) groups is 1. The van der Waals surface area contributed by atoms with E-state index in [0.717, 1.165) is 16.9 Å². The number of allylic oxidation sites excluding steroid dienone is 1. The number of nitrogens with zero attached hydrogens (tertiary/aromatic N) is 2. The molecule has 1 atom stereocenters. The number of carbonyl (C=O) groups excluding carboxylic acids is 1. The maximum Gasteiger partial charge on any atom is 0.338 e. The number of esters is 1. The number of benzene rings is 2. The van der Waals surface area contributed by atoms with E-state index in [0.29, 0.717) is 31.9 Å². The first kappa shape index (κ1) is 25.4. The molecule has 1 unspecified atom stereocenters. The molecular weight excluding hydrogens is 476 g/mol.